The number of aliphatic hydroxyl groups excluding tert-OH is 2. The summed E-state index contributed by atoms with van der Waals surface area (Å²) in [5.41, 5.74) is 1.78. The van der Waals surface area contributed by atoms with E-state index in [-0.39, 0.29) is 11.1 Å². The fourth-order valence-corrected chi connectivity index (χ4v) is 5.65. The van der Waals surface area contributed by atoms with E-state index in [1.165, 1.54) is 0 Å². The summed E-state index contributed by atoms with van der Waals surface area (Å²) in [6.45, 7) is 0. The van der Waals surface area contributed by atoms with E-state index < -0.39 is 35.7 Å². The highest BCUT2D eigenvalue weighted by atomic mass is 17.3. The van der Waals surface area contributed by atoms with Crippen LogP contribution in [0.3, 0.4) is 0 Å². The predicted molar refractivity (Wildman–Crippen MR) is 187 cm³/mol. The van der Waals surface area contributed by atoms with Crippen LogP contribution in [-0.4, -0.2) is 21.3 Å². The van der Waals surface area contributed by atoms with Gasteiger partial charge in [0.15, 0.2) is 11.9 Å². The number of aliphatic hydroxyl groups is 2. The van der Waals surface area contributed by atoms with E-state index >= 15 is 0 Å². The number of carbonyl (C=O) groups excluding carboxylic acids is 1. The molecule has 0 radical (unpaired) electrons. The normalized spacial score (nSPS) is 15.5. The summed E-state index contributed by atoms with van der Waals surface area (Å²) in [7, 11) is 0. The van der Waals surface area contributed by atoms with Crippen molar-refractivity contribution in [3.8, 4) is 0 Å². The Bertz CT molecular complexity index is 1930. The zero-order valence-corrected chi connectivity index (χ0v) is 27.3. The molecular weight excluding hydrogens is 648 g/mol. The summed E-state index contributed by atoms with van der Waals surface area (Å²) in [5, 5.41) is 34.7. The van der Waals surface area contributed by atoms with Crippen LogP contribution in [0.5, 0.6) is 0 Å². The van der Waals surface area contributed by atoms with Crippen molar-refractivity contribution in [3.63, 3.8) is 0 Å². The van der Waals surface area contributed by atoms with Gasteiger partial charge in [-0.3, -0.25) is 4.79 Å². The zero-order valence-electron chi connectivity index (χ0n) is 27.3. The molecule has 6 aromatic carbocycles. The van der Waals surface area contributed by atoms with E-state index in [1.807, 2.05) is 0 Å². The number of Topliss-reactive ketones (excluding diaryl/α,β-unsaturated/α-hetero) is 1. The van der Waals surface area contributed by atoms with Crippen LogP contribution < -0.4 is 0 Å². The van der Waals surface area contributed by atoms with Crippen LogP contribution in [0.4, 0.5) is 0 Å². The van der Waals surface area contributed by atoms with Crippen molar-refractivity contribution in [2.24, 2.45) is 0 Å². The monoisotopic (exact) mass is 684 g/mol. The smallest absolute Gasteiger partial charge is 0.288 e. The number of ketones is 1. The van der Waals surface area contributed by atoms with Gasteiger partial charge < -0.3 is 10.2 Å². The Labute approximate surface area is 295 Å². The molecule has 0 heterocycles. The highest BCUT2D eigenvalue weighted by Crippen LogP contribution is 2.46. The summed E-state index contributed by atoms with van der Waals surface area (Å²) in [6.07, 6.45) is -4.73. The highest BCUT2D eigenvalue weighted by molar-refractivity contribution is 6.00. The van der Waals surface area contributed by atoms with Crippen LogP contribution in [-0.2, 0) is 36.0 Å². The minimum atomic E-state index is -2.44. The van der Waals surface area contributed by atoms with Gasteiger partial charge in [0.2, 0.25) is 0 Å². The maximum absolute atomic E-state index is 14.0. The molecule has 0 saturated heterocycles. The molecule has 6 rings (SSSR count). The molecule has 0 aliphatic heterocycles. The molecule has 5 atom stereocenters. The largest absolute Gasteiger partial charge is 0.382 e. The Morgan fingerprint density at radius 1 is 0.451 bits per heavy atom. The number of rotatable bonds is 16. The third-order valence-corrected chi connectivity index (χ3v) is 8.39. The van der Waals surface area contributed by atoms with Crippen LogP contribution in [0.2, 0.25) is 0 Å². The molecule has 5 unspecified atom stereocenters. The molecular formula is C42H36O9. The first-order chi connectivity index (χ1) is 25.0. The molecule has 0 spiro atoms. The van der Waals surface area contributed by atoms with E-state index in [0.29, 0.717) is 22.3 Å². The molecule has 258 valence electrons. The minimum absolute atomic E-state index is 0.155. The summed E-state index contributed by atoms with van der Waals surface area (Å²) in [6, 6.07) is 50.7. The second-order valence-electron chi connectivity index (χ2n) is 11.7. The summed E-state index contributed by atoms with van der Waals surface area (Å²) >= 11 is 0. The van der Waals surface area contributed by atoms with Crippen molar-refractivity contribution in [3.05, 3.63) is 215 Å². The number of benzene rings is 6. The second kappa shape index (κ2) is 16.6. The van der Waals surface area contributed by atoms with Gasteiger partial charge in [0, 0.05) is 16.7 Å². The third-order valence-electron chi connectivity index (χ3n) is 8.39. The predicted octanol–water partition coefficient (Wildman–Crippen LogP) is 8.17. The molecule has 6 aromatic rings. The van der Waals surface area contributed by atoms with E-state index in [9.17, 15) is 20.3 Å². The summed E-state index contributed by atoms with van der Waals surface area (Å²) < 4.78 is 0. The molecule has 0 aliphatic carbocycles. The molecule has 0 saturated carbocycles. The Morgan fingerprint density at radius 3 is 1.25 bits per heavy atom. The SMILES string of the molecule is O=C(c1ccccc1)C(OOC(OOC(OO)(c1ccccc1)C(O)c1ccccc1)(c1ccccc1)C(O)c1ccccc1)c1ccccc1. The maximum Gasteiger partial charge on any atom is 0.288 e. The second-order valence-corrected chi connectivity index (χ2v) is 11.7. The maximum atomic E-state index is 14.0. The van der Waals surface area contributed by atoms with Gasteiger partial charge in [-0.05, 0) is 16.7 Å². The van der Waals surface area contributed by atoms with Crippen molar-refractivity contribution >= 4 is 5.78 Å². The molecule has 0 aliphatic rings. The quantitative estimate of drug-likeness (QED) is 0.0401. The van der Waals surface area contributed by atoms with E-state index in [0.717, 1.165) is 0 Å². The lowest BCUT2D eigenvalue weighted by Gasteiger charge is -2.40. The van der Waals surface area contributed by atoms with Gasteiger partial charge in [-0.2, -0.15) is 19.6 Å². The van der Waals surface area contributed by atoms with Gasteiger partial charge in [0.05, 0.1) is 0 Å². The first-order valence-corrected chi connectivity index (χ1v) is 16.2. The molecule has 51 heavy (non-hydrogen) atoms. The molecule has 0 fully saturated rings. The molecule has 0 bridgehead atoms. The molecule has 9 nitrogen and oxygen atoms in total. The van der Waals surface area contributed by atoms with E-state index in [4.69, 9.17) is 24.4 Å². The Morgan fingerprint density at radius 2 is 0.804 bits per heavy atom. The van der Waals surface area contributed by atoms with Crippen molar-refractivity contribution in [2.45, 2.75) is 29.9 Å². The lowest BCUT2D eigenvalue weighted by molar-refractivity contribution is -0.609. The average Bonchev–Trinajstić information content (AvgIpc) is 3.22. The molecule has 0 aromatic heterocycles. The number of carbonyl (C=O) groups is 1. The van der Waals surface area contributed by atoms with Crippen LogP contribution >= 0.6 is 0 Å². The van der Waals surface area contributed by atoms with Crippen LogP contribution in [0.15, 0.2) is 182 Å². The van der Waals surface area contributed by atoms with Crippen LogP contribution in [0, 0.1) is 0 Å². The van der Waals surface area contributed by atoms with Crippen LogP contribution in [0.25, 0.3) is 0 Å². The summed E-state index contributed by atoms with van der Waals surface area (Å²) in [5.74, 6) is -5.31. The van der Waals surface area contributed by atoms with Crippen LogP contribution in [0.1, 0.15) is 56.5 Å². The number of hydrogen-bond acceptors (Lipinski definition) is 9. The Kier molecular flexibility index (Phi) is 11.5. The number of hydrogen-bond donors (Lipinski definition) is 3. The standard InChI is InChI=1S/C42H36O9/c43-37(31-19-7-1-8-20-31)38(32-21-9-2-10-22-32)47-49-42(36-29-17-6-18-30-36,40(45)34-25-13-4-14-26-34)51-50-41(48-46,35-27-15-5-16-28-35)39(44)33-23-11-3-12-24-33/h1-30,38-40,44-46H. The van der Waals surface area contributed by atoms with Gasteiger partial charge in [-0.15, -0.1) is 0 Å². The molecule has 0 amide bonds. The molecule has 3 N–H and O–H groups in total. The average molecular weight is 685 g/mol. The Balaban J connectivity index is 1.48. The fourth-order valence-electron chi connectivity index (χ4n) is 5.65. The first-order valence-electron chi connectivity index (χ1n) is 16.2. The third kappa shape index (κ3) is 7.72. The van der Waals surface area contributed by atoms with Crippen molar-refractivity contribution in [2.75, 3.05) is 0 Å². The van der Waals surface area contributed by atoms with Crippen molar-refractivity contribution in [1.82, 2.24) is 0 Å². The highest BCUT2D eigenvalue weighted by Gasteiger charge is 2.53. The van der Waals surface area contributed by atoms with Gasteiger partial charge >= 0.3 is 0 Å². The lowest BCUT2D eigenvalue weighted by Crippen LogP contribution is -2.46. The van der Waals surface area contributed by atoms with Gasteiger partial charge in [-0.25, -0.2) is 10.1 Å². The molecule has 9 heteroatoms. The van der Waals surface area contributed by atoms with Gasteiger partial charge in [0.25, 0.3) is 11.6 Å². The van der Waals surface area contributed by atoms with E-state index in [2.05, 4.69) is 0 Å². The Hall–Kier alpha value is -5.33. The zero-order chi connectivity index (χ0) is 35.5. The van der Waals surface area contributed by atoms with Crippen molar-refractivity contribution in [1.29, 1.82) is 0 Å². The summed E-state index contributed by atoms with van der Waals surface area (Å²) in [4.78, 5) is 43.6. The van der Waals surface area contributed by atoms with Gasteiger partial charge in [-0.1, -0.05) is 182 Å². The van der Waals surface area contributed by atoms with E-state index in [1.54, 1.807) is 182 Å². The minimum Gasteiger partial charge on any atom is -0.382 e. The first kappa shape index (κ1) is 35.5. The lowest BCUT2D eigenvalue weighted by atomic mass is 9.94. The van der Waals surface area contributed by atoms with Gasteiger partial charge in [0.1, 0.15) is 12.2 Å². The fraction of sp³-hybridized carbons (Fsp3) is 0.119. The topological polar surface area (TPSA) is 124 Å². The van der Waals surface area contributed by atoms with Crippen molar-refractivity contribution < 1.29 is 44.7 Å².